The second-order valence-corrected chi connectivity index (χ2v) is 7.82. The smallest absolute Gasteiger partial charge is 0.232 e. The predicted molar refractivity (Wildman–Crippen MR) is 101 cm³/mol. The third-order valence-corrected chi connectivity index (χ3v) is 5.93. The highest BCUT2D eigenvalue weighted by atomic mass is 35.5. The molecule has 0 aromatic heterocycles. The molecule has 2 unspecified atom stereocenters. The molecule has 0 aliphatic carbocycles. The Bertz CT molecular complexity index is 558. The topological polar surface area (TPSA) is 32.3 Å². The summed E-state index contributed by atoms with van der Waals surface area (Å²) < 4.78 is 0. The highest BCUT2D eigenvalue weighted by Gasteiger charge is 2.30. The van der Waals surface area contributed by atoms with Crippen LogP contribution in [0.25, 0.3) is 0 Å². The number of nitrogens with one attached hydrogen (secondary N) is 1. The Labute approximate surface area is 157 Å². The molecule has 2 atom stereocenters. The molecule has 128 valence electrons. The first-order valence-electron chi connectivity index (χ1n) is 7.67. The van der Waals surface area contributed by atoms with Crippen LogP contribution in [0, 0.1) is 0 Å². The van der Waals surface area contributed by atoms with Crippen molar-refractivity contribution in [1.29, 1.82) is 0 Å². The number of fused-ring (bicyclic) bond motifs is 2. The number of likely N-dealkylation sites (tertiary alicyclic amines) is 1. The van der Waals surface area contributed by atoms with Gasteiger partial charge in [0, 0.05) is 41.0 Å². The van der Waals surface area contributed by atoms with Crippen LogP contribution in [0.2, 0.25) is 10.0 Å². The second kappa shape index (κ2) is 8.82. The maximum absolute atomic E-state index is 12.4. The monoisotopic (exact) mass is 394 g/mol. The third-order valence-electron chi connectivity index (χ3n) is 4.37. The molecule has 1 N–H and O–H groups in total. The van der Waals surface area contributed by atoms with Crippen molar-refractivity contribution < 1.29 is 4.79 Å². The zero-order valence-electron chi connectivity index (χ0n) is 12.8. The number of hydrogen-bond acceptors (Lipinski definition) is 3. The highest BCUT2D eigenvalue weighted by Crippen LogP contribution is 2.25. The normalized spacial score (nSPS) is 23.3. The molecule has 3 nitrogen and oxygen atoms in total. The molecule has 2 heterocycles. The lowest BCUT2D eigenvalue weighted by Gasteiger charge is -2.24. The van der Waals surface area contributed by atoms with Crippen LogP contribution in [0.3, 0.4) is 0 Å². The first-order chi connectivity index (χ1) is 10.6. The molecule has 2 aliphatic heterocycles. The number of amides is 1. The van der Waals surface area contributed by atoms with Crippen LogP contribution in [-0.4, -0.2) is 41.7 Å². The SMILES string of the molecule is Cl.O=C(CSCc1ccc(Cl)cc1Cl)N1CCC2CCC(C1)N2. The van der Waals surface area contributed by atoms with Gasteiger partial charge in [0.2, 0.25) is 5.91 Å². The lowest BCUT2D eigenvalue weighted by atomic mass is 10.1. The van der Waals surface area contributed by atoms with Crippen molar-refractivity contribution >= 4 is 53.3 Å². The standard InChI is InChI=1S/C16H20Cl2N2OS.ClH/c17-12-2-1-11(15(18)7-12)9-22-10-16(21)20-6-5-13-3-4-14(8-20)19-13;/h1-2,7,13-14,19H,3-6,8-10H2;1H. The number of nitrogens with zero attached hydrogens (tertiary/aromatic N) is 1. The molecule has 1 amide bonds. The van der Waals surface area contributed by atoms with Crippen molar-refractivity contribution in [2.24, 2.45) is 0 Å². The summed E-state index contributed by atoms with van der Waals surface area (Å²) >= 11 is 13.7. The van der Waals surface area contributed by atoms with Gasteiger partial charge >= 0.3 is 0 Å². The van der Waals surface area contributed by atoms with E-state index in [0.29, 0.717) is 27.9 Å². The van der Waals surface area contributed by atoms with Gasteiger partial charge in [-0.1, -0.05) is 29.3 Å². The molecule has 2 bridgehead atoms. The van der Waals surface area contributed by atoms with Crippen molar-refractivity contribution in [2.45, 2.75) is 37.1 Å². The third kappa shape index (κ3) is 5.17. The Morgan fingerprint density at radius 3 is 2.83 bits per heavy atom. The van der Waals surface area contributed by atoms with E-state index in [4.69, 9.17) is 23.2 Å². The summed E-state index contributed by atoms with van der Waals surface area (Å²) in [6.45, 7) is 1.74. The Morgan fingerprint density at radius 2 is 2.04 bits per heavy atom. The maximum Gasteiger partial charge on any atom is 0.232 e. The van der Waals surface area contributed by atoms with Crippen LogP contribution in [-0.2, 0) is 10.5 Å². The molecular formula is C16H21Cl3N2OS. The van der Waals surface area contributed by atoms with Crippen LogP contribution >= 0.6 is 47.4 Å². The Balaban J connectivity index is 0.00000192. The summed E-state index contributed by atoms with van der Waals surface area (Å²) in [6.07, 6.45) is 3.54. The van der Waals surface area contributed by atoms with Gasteiger partial charge in [0.25, 0.3) is 0 Å². The molecule has 2 aliphatic rings. The van der Waals surface area contributed by atoms with E-state index >= 15 is 0 Å². The summed E-state index contributed by atoms with van der Waals surface area (Å²) in [4.78, 5) is 14.4. The van der Waals surface area contributed by atoms with Crippen LogP contribution in [0.1, 0.15) is 24.8 Å². The van der Waals surface area contributed by atoms with Gasteiger partial charge in [-0.25, -0.2) is 0 Å². The molecule has 7 heteroatoms. The van der Waals surface area contributed by atoms with Crippen molar-refractivity contribution in [1.82, 2.24) is 10.2 Å². The summed E-state index contributed by atoms with van der Waals surface area (Å²) in [7, 11) is 0. The first kappa shape index (κ1) is 19.2. The van der Waals surface area contributed by atoms with Gasteiger partial charge < -0.3 is 10.2 Å². The molecule has 0 spiro atoms. The van der Waals surface area contributed by atoms with Gasteiger partial charge in [-0.05, 0) is 37.0 Å². The minimum atomic E-state index is 0. The molecule has 23 heavy (non-hydrogen) atoms. The lowest BCUT2D eigenvalue weighted by Crippen LogP contribution is -2.39. The van der Waals surface area contributed by atoms with E-state index in [0.717, 1.165) is 30.8 Å². The van der Waals surface area contributed by atoms with Crippen LogP contribution in [0.5, 0.6) is 0 Å². The minimum absolute atomic E-state index is 0. The van der Waals surface area contributed by atoms with Crippen molar-refractivity contribution in [3.8, 4) is 0 Å². The van der Waals surface area contributed by atoms with E-state index in [2.05, 4.69) is 5.32 Å². The molecule has 1 aromatic carbocycles. The number of halogens is 3. The summed E-state index contributed by atoms with van der Waals surface area (Å²) in [6, 6.07) is 6.62. The van der Waals surface area contributed by atoms with Crippen LogP contribution in [0.15, 0.2) is 18.2 Å². The molecule has 3 rings (SSSR count). The van der Waals surface area contributed by atoms with E-state index < -0.39 is 0 Å². The molecular weight excluding hydrogens is 375 g/mol. The minimum Gasteiger partial charge on any atom is -0.340 e. The van der Waals surface area contributed by atoms with Gasteiger partial charge in [0.15, 0.2) is 0 Å². The van der Waals surface area contributed by atoms with E-state index in [9.17, 15) is 4.79 Å². The van der Waals surface area contributed by atoms with Gasteiger partial charge in [0.1, 0.15) is 0 Å². The lowest BCUT2D eigenvalue weighted by molar-refractivity contribution is -0.128. The van der Waals surface area contributed by atoms with Crippen molar-refractivity contribution in [2.75, 3.05) is 18.8 Å². The molecule has 0 saturated carbocycles. The van der Waals surface area contributed by atoms with Gasteiger partial charge in [0.05, 0.1) is 5.75 Å². The van der Waals surface area contributed by atoms with Crippen molar-refractivity contribution in [3.63, 3.8) is 0 Å². The zero-order valence-corrected chi connectivity index (χ0v) is 15.9. The van der Waals surface area contributed by atoms with E-state index in [1.807, 2.05) is 17.0 Å². The average Bonchev–Trinajstić information content (AvgIpc) is 2.80. The van der Waals surface area contributed by atoms with E-state index in [-0.39, 0.29) is 18.3 Å². The van der Waals surface area contributed by atoms with Crippen LogP contribution < -0.4 is 5.32 Å². The van der Waals surface area contributed by atoms with Crippen molar-refractivity contribution in [3.05, 3.63) is 33.8 Å². The maximum atomic E-state index is 12.4. The Morgan fingerprint density at radius 1 is 1.26 bits per heavy atom. The summed E-state index contributed by atoms with van der Waals surface area (Å²) in [5.41, 5.74) is 1.03. The number of rotatable bonds is 4. The molecule has 2 saturated heterocycles. The fraction of sp³-hybridized carbons (Fsp3) is 0.562. The largest absolute Gasteiger partial charge is 0.340 e. The predicted octanol–water partition coefficient (Wildman–Crippen LogP) is 4.00. The van der Waals surface area contributed by atoms with E-state index in [1.54, 1.807) is 17.8 Å². The highest BCUT2D eigenvalue weighted by molar-refractivity contribution is 7.99. The van der Waals surface area contributed by atoms with Gasteiger partial charge in [-0.3, -0.25) is 4.79 Å². The Hall–Kier alpha value is -0.130. The number of hydrogen-bond donors (Lipinski definition) is 1. The number of carbonyl (C=O) groups is 1. The summed E-state index contributed by atoms with van der Waals surface area (Å²) in [5, 5.41) is 4.91. The molecule has 1 aromatic rings. The fourth-order valence-corrected chi connectivity index (χ4v) is 4.63. The quantitative estimate of drug-likeness (QED) is 0.836. The number of thioether (sulfide) groups is 1. The number of benzene rings is 1. The molecule has 0 radical (unpaired) electrons. The average molecular weight is 396 g/mol. The van der Waals surface area contributed by atoms with Crippen LogP contribution in [0.4, 0.5) is 0 Å². The summed E-state index contributed by atoms with van der Waals surface area (Å²) in [5.74, 6) is 1.49. The Kier molecular flexibility index (Phi) is 7.36. The zero-order chi connectivity index (χ0) is 15.5. The fourth-order valence-electron chi connectivity index (χ4n) is 3.15. The van der Waals surface area contributed by atoms with E-state index in [1.165, 1.54) is 12.8 Å². The van der Waals surface area contributed by atoms with Gasteiger partial charge in [-0.15, -0.1) is 24.2 Å². The molecule has 2 fully saturated rings. The second-order valence-electron chi connectivity index (χ2n) is 5.99. The number of carbonyl (C=O) groups excluding carboxylic acids is 1. The first-order valence-corrected chi connectivity index (χ1v) is 9.58. The van der Waals surface area contributed by atoms with Gasteiger partial charge in [-0.2, -0.15) is 0 Å².